The Balaban J connectivity index is 3.04. The van der Waals surface area contributed by atoms with Gasteiger partial charge >= 0.3 is 10.2 Å². The standard InChI is InChI=1S/C7H5BrF2O2S/c8-7-3-6(9)2-1-5(7)4-13(10,11)12/h1-3H,4H2. The van der Waals surface area contributed by atoms with E-state index in [1.165, 1.54) is 6.07 Å². The van der Waals surface area contributed by atoms with E-state index in [1.54, 1.807) is 0 Å². The molecule has 0 aromatic heterocycles. The number of halogens is 3. The van der Waals surface area contributed by atoms with Crippen molar-refractivity contribution < 1.29 is 16.7 Å². The van der Waals surface area contributed by atoms with Gasteiger partial charge in [0.25, 0.3) is 0 Å². The molecule has 0 heterocycles. The van der Waals surface area contributed by atoms with Crippen LogP contribution in [0.2, 0.25) is 0 Å². The zero-order chi connectivity index (χ0) is 10.1. The van der Waals surface area contributed by atoms with E-state index in [0.717, 1.165) is 12.1 Å². The zero-order valence-corrected chi connectivity index (χ0v) is 8.70. The third-order valence-electron chi connectivity index (χ3n) is 1.34. The van der Waals surface area contributed by atoms with Gasteiger partial charge in [-0.2, -0.15) is 8.42 Å². The van der Waals surface area contributed by atoms with E-state index < -0.39 is 21.8 Å². The summed E-state index contributed by atoms with van der Waals surface area (Å²) < 4.78 is 45.5. The van der Waals surface area contributed by atoms with E-state index >= 15 is 0 Å². The third kappa shape index (κ3) is 3.40. The monoisotopic (exact) mass is 270 g/mol. The summed E-state index contributed by atoms with van der Waals surface area (Å²) in [5.41, 5.74) is 0.198. The second-order valence-corrected chi connectivity index (χ2v) is 4.64. The van der Waals surface area contributed by atoms with Crippen molar-refractivity contribution in [3.63, 3.8) is 0 Å². The first-order valence-corrected chi connectivity index (χ1v) is 5.59. The Morgan fingerprint density at radius 3 is 2.46 bits per heavy atom. The normalized spacial score (nSPS) is 11.6. The molecule has 0 atom stereocenters. The van der Waals surface area contributed by atoms with Crippen LogP contribution in [0.3, 0.4) is 0 Å². The summed E-state index contributed by atoms with van der Waals surface area (Å²) in [6.45, 7) is 0. The maximum absolute atomic E-state index is 12.5. The Morgan fingerprint density at radius 2 is 2.00 bits per heavy atom. The van der Waals surface area contributed by atoms with E-state index in [1.807, 2.05) is 0 Å². The molecule has 2 nitrogen and oxygen atoms in total. The van der Waals surface area contributed by atoms with Crippen LogP contribution in [0.5, 0.6) is 0 Å². The SMILES string of the molecule is O=S(=O)(F)Cc1ccc(F)cc1Br. The molecule has 0 aliphatic rings. The Morgan fingerprint density at radius 1 is 1.38 bits per heavy atom. The molecule has 0 radical (unpaired) electrons. The molecule has 13 heavy (non-hydrogen) atoms. The van der Waals surface area contributed by atoms with Gasteiger partial charge < -0.3 is 0 Å². The highest BCUT2D eigenvalue weighted by Crippen LogP contribution is 2.20. The minimum atomic E-state index is -4.56. The molecule has 0 spiro atoms. The van der Waals surface area contributed by atoms with E-state index in [-0.39, 0.29) is 10.0 Å². The molecule has 0 N–H and O–H groups in total. The van der Waals surface area contributed by atoms with Gasteiger partial charge in [-0.1, -0.05) is 22.0 Å². The smallest absolute Gasteiger partial charge is 0.207 e. The van der Waals surface area contributed by atoms with Crippen molar-refractivity contribution in [1.29, 1.82) is 0 Å². The van der Waals surface area contributed by atoms with Gasteiger partial charge in [0, 0.05) is 4.47 Å². The summed E-state index contributed by atoms with van der Waals surface area (Å²) in [5.74, 6) is -1.25. The molecule has 1 rings (SSSR count). The maximum atomic E-state index is 12.5. The topological polar surface area (TPSA) is 34.1 Å². The van der Waals surface area contributed by atoms with Gasteiger partial charge in [0.2, 0.25) is 0 Å². The van der Waals surface area contributed by atoms with Crippen LogP contribution >= 0.6 is 15.9 Å². The molecule has 0 amide bonds. The fourth-order valence-electron chi connectivity index (χ4n) is 0.824. The van der Waals surface area contributed by atoms with E-state index in [9.17, 15) is 16.7 Å². The van der Waals surface area contributed by atoms with E-state index in [0.29, 0.717) is 0 Å². The lowest BCUT2D eigenvalue weighted by Crippen LogP contribution is -1.97. The second kappa shape index (κ2) is 3.71. The molecule has 72 valence electrons. The number of hydrogen-bond acceptors (Lipinski definition) is 2. The highest BCUT2D eigenvalue weighted by atomic mass is 79.9. The Hall–Kier alpha value is -0.490. The van der Waals surface area contributed by atoms with Gasteiger partial charge in [0.05, 0.1) is 0 Å². The number of hydrogen-bond donors (Lipinski definition) is 0. The van der Waals surface area contributed by atoms with Gasteiger partial charge in [-0.15, -0.1) is 3.89 Å². The van der Waals surface area contributed by atoms with Gasteiger partial charge in [-0.05, 0) is 17.7 Å². The average Bonchev–Trinajstić information content (AvgIpc) is 1.93. The number of rotatable bonds is 2. The quantitative estimate of drug-likeness (QED) is 0.774. The summed E-state index contributed by atoms with van der Waals surface area (Å²) in [5, 5.41) is 0. The highest BCUT2D eigenvalue weighted by molar-refractivity contribution is 9.10. The second-order valence-electron chi connectivity index (χ2n) is 2.42. The van der Waals surface area contributed by atoms with Crippen LogP contribution in [-0.2, 0) is 16.0 Å². The molecule has 0 unspecified atom stereocenters. The molecular weight excluding hydrogens is 266 g/mol. The van der Waals surface area contributed by atoms with Gasteiger partial charge in [0.15, 0.2) is 0 Å². The first kappa shape index (κ1) is 10.6. The lowest BCUT2D eigenvalue weighted by molar-refractivity contribution is 0.550. The van der Waals surface area contributed by atoms with Gasteiger partial charge in [0.1, 0.15) is 11.6 Å². The minimum Gasteiger partial charge on any atom is -0.207 e. The van der Waals surface area contributed by atoms with Crippen molar-refractivity contribution in [3.05, 3.63) is 34.1 Å². The van der Waals surface area contributed by atoms with Crippen LogP contribution in [-0.4, -0.2) is 8.42 Å². The van der Waals surface area contributed by atoms with E-state index in [4.69, 9.17) is 0 Å². The molecule has 0 aliphatic carbocycles. The van der Waals surface area contributed by atoms with Crippen LogP contribution in [0.4, 0.5) is 8.28 Å². The summed E-state index contributed by atoms with van der Waals surface area (Å²) in [6, 6.07) is 3.38. The largest absolute Gasteiger partial charge is 0.306 e. The van der Waals surface area contributed by atoms with Crippen LogP contribution in [0.25, 0.3) is 0 Å². The first-order valence-electron chi connectivity index (χ1n) is 3.25. The van der Waals surface area contributed by atoms with Crippen molar-refractivity contribution >= 4 is 26.2 Å². The molecule has 0 saturated carbocycles. The van der Waals surface area contributed by atoms with Crippen LogP contribution in [0, 0.1) is 5.82 Å². The molecule has 1 aromatic rings. The summed E-state index contributed by atoms with van der Waals surface area (Å²) in [4.78, 5) is 0. The van der Waals surface area contributed by atoms with Crippen molar-refractivity contribution in [3.8, 4) is 0 Å². The van der Waals surface area contributed by atoms with Crippen molar-refractivity contribution in [2.24, 2.45) is 0 Å². The molecule has 0 bridgehead atoms. The van der Waals surface area contributed by atoms with Crippen molar-refractivity contribution in [2.45, 2.75) is 5.75 Å². The predicted octanol–water partition coefficient (Wildman–Crippen LogP) is 2.39. The summed E-state index contributed by atoms with van der Waals surface area (Å²) in [6.07, 6.45) is 0. The van der Waals surface area contributed by atoms with Crippen LogP contribution in [0.15, 0.2) is 22.7 Å². The van der Waals surface area contributed by atoms with Crippen LogP contribution < -0.4 is 0 Å². The average molecular weight is 271 g/mol. The summed E-state index contributed by atoms with van der Waals surface area (Å²) in [7, 11) is -4.56. The predicted molar refractivity (Wildman–Crippen MR) is 47.8 cm³/mol. The van der Waals surface area contributed by atoms with Gasteiger partial charge in [-0.25, -0.2) is 4.39 Å². The third-order valence-corrected chi connectivity index (χ3v) is 2.74. The molecule has 0 saturated heterocycles. The van der Waals surface area contributed by atoms with Crippen molar-refractivity contribution in [2.75, 3.05) is 0 Å². The molecule has 0 fully saturated rings. The zero-order valence-electron chi connectivity index (χ0n) is 6.30. The number of benzene rings is 1. The van der Waals surface area contributed by atoms with Gasteiger partial charge in [-0.3, -0.25) is 0 Å². The Bertz CT molecular complexity index is 417. The fourth-order valence-corrected chi connectivity index (χ4v) is 2.12. The highest BCUT2D eigenvalue weighted by Gasteiger charge is 2.11. The lowest BCUT2D eigenvalue weighted by Gasteiger charge is -2.00. The molecule has 6 heteroatoms. The summed E-state index contributed by atoms with van der Waals surface area (Å²) >= 11 is 2.93. The molecule has 1 aromatic carbocycles. The molecular formula is C7H5BrF2O2S. The fraction of sp³-hybridized carbons (Fsp3) is 0.143. The maximum Gasteiger partial charge on any atom is 0.306 e. The molecule has 0 aliphatic heterocycles. The Kier molecular flexibility index (Phi) is 3.02. The Labute approximate surface area is 82.9 Å². The van der Waals surface area contributed by atoms with E-state index in [2.05, 4.69) is 15.9 Å². The van der Waals surface area contributed by atoms with Crippen LogP contribution in [0.1, 0.15) is 5.56 Å². The lowest BCUT2D eigenvalue weighted by atomic mass is 10.2. The first-order chi connectivity index (χ1) is 5.88. The van der Waals surface area contributed by atoms with Crippen molar-refractivity contribution in [1.82, 2.24) is 0 Å². The minimum absolute atomic E-state index is 0.198.